The molecule has 3 heterocycles. The second-order valence-electron chi connectivity index (χ2n) is 10.3. The molecule has 0 fully saturated rings. The largest absolute Gasteiger partial charge is 0.416 e. The van der Waals surface area contributed by atoms with E-state index in [9.17, 15) is 22.8 Å². The minimum absolute atomic E-state index is 0.0725. The van der Waals surface area contributed by atoms with Gasteiger partial charge in [0, 0.05) is 35.1 Å². The van der Waals surface area contributed by atoms with Crippen LogP contribution in [-0.2, 0) is 11.6 Å². The molecule has 0 unspecified atom stereocenters. The molecule has 0 atom stereocenters. The fourth-order valence-electron chi connectivity index (χ4n) is 4.14. The van der Waals surface area contributed by atoms with Gasteiger partial charge in [-0.1, -0.05) is 26.8 Å². The summed E-state index contributed by atoms with van der Waals surface area (Å²) < 4.78 is 43.0. The molecule has 4 N–H and O–H groups in total. The number of amides is 2. The summed E-state index contributed by atoms with van der Waals surface area (Å²) in [7, 11) is 0. The number of fused-ring (bicyclic) bond motifs is 1. The van der Waals surface area contributed by atoms with E-state index in [1.807, 2.05) is 20.8 Å². The van der Waals surface area contributed by atoms with E-state index in [-0.39, 0.29) is 28.1 Å². The maximum absolute atomic E-state index is 13.3. The van der Waals surface area contributed by atoms with E-state index in [1.54, 1.807) is 41.1 Å². The predicted molar refractivity (Wildman–Crippen MR) is 149 cm³/mol. The van der Waals surface area contributed by atoms with E-state index >= 15 is 0 Å². The van der Waals surface area contributed by atoms with Crippen LogP contribution in [0.4, 0.5) is 35.3 Å². The lowest BCUT2D eigenvalue weighted by molar-refractivity contribution is -0.137. The quantitative estimate of drug-likeness (QED) is 0.265. The first-order valence-electron chi connectivity index (χ1n) is 12.4. The molecule has 210 valence electrons. The van der Waals surface area contributed by atoms with Crippen molar-refractivity contribution in [3.63, 3.8) is 0 Å². The summed E-state index contributed by atoms with van der Waals surface area (Å²) in [4.78, 5) is 33.3. The van der Waals surface area contributed by atoms with Gasteiger partial charge in [0.25, 0.3) is 0 Å². The monoisotopic (exact) mass is 562 g/mol. The van der Waals surface area contributed by atoms with E-state index < -0.39 is 23.2 Å². The molecule has 0 aliphatic carbocycles. The molecule has 0 aliphatic heterocycles. The van der Waals surface area contributed by atoms with Gasteiger partial charge in [0.2, 0.25) is 0 Å². The average Bonchev–Trinajstić information content (AvgIpc) is 3.33. The smallest absolute Gasteiger partial charge is 0.383 e. The van der Waals surface area contributed by atoms with Gasteiger partial charge in [-0.25, -0.2) is 19.4 Å². The highest BCUT2D eigenvalue weighted by Crippen LogP contribution is 2.32. The molecule has 0 aliphatic rings. The summed E-state index contributed by atoms with van der Waals surface area (Å²) in [6, 6.07) is 13.8. The number of nitrogens with one attached hydrogen (secondary N) is 2. The number of nitrogens with two attached hydrogens (primary N) is 1. The van der Waals surface area contributed by atoms with Crippen LogP contribution in [0.3, 0.4) is 0 Å². The van der Waals surface area contributed by atoms with Crippen LogP contribution in [0.25, 0.3) is 22.4 Å². The van der Waals surface area contributed by atoms with Gasteiger partial charge >= 0.3 is 12.2 Å². The number of pyridine rings is 1. The fraction of sp³-hybridized carbons (Fsp3) is 0.179. The number of alkyl halides is 3. The molecular weight excluding hydrogens is 537 g/mol. The van der Waals surface area contributed by atoms with Crippen LogP contribution in [0.2, 0.25) is 0 Å². The van der Waals surface area contributed by atoms with Gasteiger partial charge in [-0.15, -0.1) is 0 Å². The molecule has 0 saturated carbocycles. The van der Waals surface area contributed by atoms with Crippen LogP contribution in [0.15, 0.2) is 78.0 Å². The number of halogens is 3. The summed E-state index contributed by atoms with van der Waals surface area (Å²) in [5, 5.41) is 10.1. The van der Waals surface area contributed by atoms with Crippen molar-refractivity contribution in [1.29, 1.82) is 0 Å². The number of nitrogens with zero attached hydrogens (tertiary/aromatic N) is 5. The Hall–Kier alpha value is -5.20. The van der Waals surface area contributed by atoms with Gasteiger partial charge in [0.15, 0.2) is 11.1 Å². The standard InChI is InChI=1S/C28H25F3N8O2/c1-27(2,3)21-14-22(39(37-21)19-6-4-5-16(13-19)28(29,30)31)36-26(41)35-17-7-9-18(10-8-17)38-12-11-20(40)23-24(32)33-15-34-25(23)38/h4-15H,1-3H3,(H2,32,33,34)(H2,35,36,41). The lowest BCUT2D eigenvalue weighted by Crippen LogP contribution is -2.21. The molecule has 5 rings (SSSR count). The van der Waals surface area contributed by atoms with Crippen LogP contribution in [0.5, 0.6) is 0 Å². The highest BCUT2D eigenvalue weighted by molar-refractivity contribution is 5.99. The van der Waals surface area contributed by atoms with Crippen molar-refractivity contribution in [2.45, 2.75) is 32.4 Å². The average molecular weight is 563 g/mol. The Morgan fingerprint density at radius 2 is 1.66 bits per heavy atom. The molecule has 0 saturated heterocycles. The topological polar surface area (TPSA) is 133 Å². The Morgan fingerprint density at radius 1 is 0.927 bits per heavy atom. The molecule has 2 amide bonds. The molecule has 0 spiro atoms. The van der Waals surface area contributed by atoms with Gasteiger partial charge in [0.05, 0.1) is 16.9 Å². The zero-order valence-electron chi connectivity index (χ0n) is 22.2. The van der Waals surface area contributed by atoms with E-state index in [2.05, 4.69) is 25.7 Å². The van der Waals surface area contributed by atoms with Gasteiger partial charge in [-0.05, 0) is 42.5 Å². The number of nitrogen functional groups attached to an aromatic ring is 1. The first-order valence-corrected chi connectivity index (χ1v) is 12.4. The Kier molecular flexibility index (Phi) is 6.73. The molecular formula is C28H25F3N8O2. The van der Waals surface area contributed by atoms with Crippen molar-refractivity contribution < 1.29 is 18.0 Å². The Labute approximate surface area is 231 Å². The lowest BCUT2D eigenvalue weighted by Gasteiger charge is -2.14. The third kappa shape index (κ3) is 5.60. The maximum atomic E-state index is 13.3. The minimum atomic E-state index is -4.53. The molecule has 2 aromatic carbocycles. The highest BCUT2D eigenvalue weighted by atomic mass is 19.4. The van der Waals surface area contributed by atoms with Crippen molar-refractivity contribution in [3.05, 3.63) is 94.7 Å². The van der Waals surface area contributed by atoms with Crippen molar-refractivity contribution in [1.82, 2.24) is 24.3 Å². The summed E-state index contributed by atoms with van der Waals surface area (Å²) >= 11 is 0. The zero-order chi connectivity index (χ0) is 29.5. The van der Waals surface area contributed by atoms with Crippen molar-refractivity contribution in [3.8, 4) is 11.4 Å². The predicted octanol–water partition coefficient (Wildman–Crippen LogP) is 5.51. The number of benzene rings is 2. The first-order chi connectivity index (χ1) is 19.3. The zero-order valence-corrected chi connectivity index (χ0v) is 22.2. The molecule has 5 aromatic rings. The van der Waals surface area contributed by atoms with Crippen LogP contribution < -0.4 is 21.8 Å². The molecule has 41 heavy (non-hydrogen) atoms. The number of urea groups is 1. The molecule has 13 heteroatoms. The lowest BCUT2D eigenvalue weighted by atomic mass is 9.92. The molecule has 0 radical (unpaired) electrons. The molecule has 10 nitrogen and oxygen atoms in total. The fourth-order valence-corrected chi connectivity index (χ4v) is 4.14. The number of hydrogen-bond acceptors (Lipinski definition) is 6. The van der Waals surface area contributed by atoms with Gasteiger partial charge in [-0.2, -0.15) is 18.3 Å². The Bertz CT molecular complexity index is 1820. The van der Waals surface area contributed by atoms with Crippen LogP contribution in [-0.4, -0.2) is 30.3 Å². The highest BCUT2D eigenvalue weighted by Gasteiger charge is 2.31. The van der Waals surface area contributed by atoms with Gasteiger partial charge in [-0.3, -0.25) is 10.1 Å². The van der Waals surface area contributed by atoms with Crippen LogP contribution >= 0.6 is 0 Å². The summed E-state index contributed by atoms with van der Waals surface area (Å²) in [6.07, 6.45) is -1.70. The van der Waals surface area contributed by atoms with Gasteiger partial charge in [0.1, 0.15) is 23.3 Å². The second kappa shape index (κ2) is 10.1. The van der Waals surface area contributed by atoms with Crippen molar-refractivity contribution in [2.24, 2.45) is 0 Å². The van der Waals surface area contributed by atoms with E-state index in [1.165, 1.54) is 29.2 Å². The Morgan fingerprint density at radius 3 is 2.34 bits per heavy atom. The maximum Gasteiger partial charge on any atom is 0.416 e. The van der Waals surface area contributed by atoms with Crippen LogP contribution in [0, 0.1) is 0 Å². The summed E-state index contributed by atoms with van der Waals surface area (Å²) in [6.45, 7) is 5.72. The third-order valence-corrected chi connectivity index (χ3v) is 6.25. The number of anilines is 3. The van der Waals surface area contributed by atoms with Gasteiger partial charge < -0.3 is 15.6 Å². The van der Waals surface area contributed by atoms with E-state index in [4.69, 9.17) is 5.73 Å². The van der Waals surface area contributed by atoms with Crippen LogP contribution in [0.1, 0.15) is 32.0 Å². The SMILES string of the molecule is CC(C)(C)c1cc(NC(=O)Nc2ccc(-n3ccc(=O)c4c(N)ncnc43)cc2)n(-c2cccc(C(F)(F)F)c2)n1. The summed E-state index contributed by atoms with van der Waals surface area (Å²) in [5.41, 5.74) is 6.45. The van der Waals surface area contributed by atoms with Crippen molar-refractivity contribution in [2.75, 3.05) is 16.4 Å². The number of aromatic nitrogens is 5. The normalized spacial score (nSPS) is 12.0. The summed E-state index contributed by atoms with van der Waals surface area (Å²) in [5.74, 6) is 0.267. The minimum Gasteiger partial charge on any atom is -0.383 e. The number of carbonyl (C=O) groups excluding carboxylic acids is 1. The number of rotatable bonds is 4. The van der Waals surface area contributed by atoms with E-state index in [0.717, 1.165) is 12.1 Å². The Balaban J connectivity index is 1.40. The molecule has 0 bridgehead atoms. The number of carbonyl (C=O) groups is 1. The second-order valence-corrected chi connectivity index (χ2v) is 10.3. The number of hydrogen-bond donors (Lipinski definition) is 3. The van der Waals surface area contributed by atoms with Crippen molar-refractivity contribution >= 4 is 34.4 Å². The van der Waals surface area contributed by atoms with E-state index in [0.29, 0.717) is 22.7 Å². The first kappa shape index (κ1) is 27.4. The third-order valence-electron chi connectivity index (χ3n) is 6.25. The molecule has 3 aromatic heterocycles.